The molecule has 0 atom stereocenters. The number of hydrogen-bond acceptors (Lipinski definition) is 5. The Labute approximate surface area is 225 Å². The molecule has 0 amide bonds. The first-order valence-electron chi connectivity index (χ1n) is 13.3. The molecule has 3 heterocycles. The Morgan fingerprint density at radius 3 is 2.15 bits per heavy atom. The number of nitrogens with zero attached hydrogens (tertiary/aromatic N) is 1. The van der Waals surface area contributed by atoms with Gasteiger partial charge in [0.15, 0.2) is 5.58 Å². The van der Waals surface area contributed by atoms with Crippen LogP contribution in [0.4, 0.5) is 0 Å². The Morgan fingerprint density at radius 2 is 1.33 bits per heavy atom. The maximum Gasteiger partial charge on any atom is 0.494 e. The molecule has 0 saturated carbocycles. The Morgan fingerprint density at radius 1 is 0.641 bits per heavy atom. The number of hydrogen-bond donors (Lipinski definition) is 0. The molecule has 1 fully saturated rings. The van der Waals surface area contributed by atoms with Crippen LogP contribution in [0, 0.1) is 0 Å². The third-order valence-electron chi connectivity index (χ3n) is 8.52. The van der Waals surface area contributed by atoms with E-state index >= 15 is 0 Å². The molecule has 5 aromatic carbocycles. The van der Waals surface area contributed by atoms with Crippen molar-refractivity contribution in [1.29, 1.82) is 0 Å². The van der Waals surface area contributed by atoms with Crippen LogP contribution < -0.4 is 5.46 Å². The van der Waals surface area contributed by atoms with Gasteiger partial charge in [0.05, 0.1) is 16.6 Å². The van der Waals surface area contributed by atoms with Crippen molar-refractivity contribution in [1.82, 2.24) is 4.98 Å². The predicted molar refractivity (Wildman–Crippen MR) is 157 cm³/mol. The van der Waals surface area contributed by atoms with Gasteiger partial charge in [0.2, 0.25) is 5.89 Å². The van der Waals surface area contributed by atoms with Crippen LogP contribution in [-0.2, 0) is 9.31 Å². The predicted octanol–water partition coefficient (Wildman–Crippen LogP) is 8.00. The molecule has 6 heteroatoms. The Kier molecular flexibility index (Phi) is 4.52. The molecule has 0 spiro atoms. The van der Waals surface area contributed by atoms with Gasteiger partial charge >= 0.3 is 7.12 Å². The Bertz CT molecular complexity index is 2090. The summed E-state index contributed by atoms with van der Waals surface area (Å²) in [6, 6.07) is 29.0. The van der Waals surface area contributed by atoms with Crippen molar-refractivity contribution < 1.29 is 18.1 Å². The summed E-state index contributed by atoms with van der Waals surface area (Å²) < 4.78 is 25.5. The van der Waals surface area contributed by atoms with Crippen LogP contribution in [0.1, 0.15) is 27.7 Å². The van der Waals surface area contributed by atoms with Crippen LogP contribution >= 0.6 is 0 Å². The second-order valence-electron chi connectivity index (χ2n) is 11.5. The van der Waals surface area contributed by atoms with Crippen LogP contribution in [0.3, 0.4) is 0 Å². The van der Waals surface area contributed by atoms with Crippen LogP contribution in [0.2, 0.25) is 0 Å². The van der Waals surface area contributed by atoms with E-state index < -0.39 is 18.3 Å². The summed E-state index contributed by atoms with van der Waals surface area (Å²) in [5.74, 6) is 0.593. The maximum atomic E-state index is 6.50. The first-order valence-corrected chi connectivity index (χ1v) is 13.3. The summed E-state index contributed by atoms with van der Waals surface area (Å²) >= 11 is 0. The SMILES string of the molecule is CC1(C)OB(c2ccc3ccc4oc5ccc6nc(-c7ccc8ccccc8c7)oc6c5c4c3c2)OC1(C)C. The lowest BCUT2D eigenvalue weighted by Crippen LogP contribution is -2.41. The number of oxazole rings is 1. The molecule has 8 rings (SSSR count). The summed E-state index contributed by atoms with van der Waals surface area (Å²) in [7, 11) is -0.447. The van der Waals surface area contributed by atoms with E-state index in [4.69, 9.17) is 23.1 Å². The molecule has 0 aliphatic carbocycles. The largest absolute Gasteiger partial charge is 0.494 e. The number of rotatable bonds is 2. The maximum absolute atomic E-state index is 6.50. The van der Waals surface area contributed by atoms with Gasteiger partial charge in [-0.2, -0.15) is 0 Å². The minimum Gasteiger partial charge on any atom is -0.456 e. The minimum absolute atomic E-state index is 0.411. The van der Waals surface area contributed by atoms with Crippen molar-refractivity contribution in [2.75, 3.05) is 0 Å². The first kappa shape index (κ1) is 22.8. The van der Waals surface area contributed by atoms with Gasteiger partial charge in [0.1, 0.15) is 16.7 Å². The molecule has 0 unspecified atom stereocenters. The van der Waals surface area contributed by atoms with Gasteiger partial charge < -0.3 is 18.1 Å². The van der Waals surface area contributed by atoms with E-state index in [0.29, 0.717) is 5.89 Å². The highest BCUT2D eigenvalue weighted by Crippen LogP contribution is 2.41. The zero-order valence-corrected chi connectivity index (χ0v) is 22.2. The summed E-state index contributed by atoms with van der Waals surface area (Å²) in [4.78, 5) is 4.87. The quantitative estimate of drug-likeness (QED) is 0.220. The van der Waals surface area contributed by atoms with Crippen LogP contribution in [0.5, 0.6) is 0 Å². The van der Waals surface area contributed by atoms with Crippen molar-refractivity contribution >= 4 is 67.2 Å². The topological polar surface area (TPSA) is 57.6 Å². The van der Waals surface area contributed by atoms with Gasteiger partial charge in [0, 0.05) is 10.9 Å². The van der Waals surface area contributed by atoms with E-state index in [1.165, 1.54) is 5.39 Å². The monoisotopic (exact) mass is 511 g/mol. The molecule has 2 aromatic heterocycles. The molecule has 190 valence electrons. The Balaban J connectivity index is 1.34. The third-order valence-corrected chi connectivity index (χ3v) is 8.52. The lowest BCUT2D eigenvalue weighted by molar-refractivity contribution is 0.00578. The lowest BCUT2D eigenvalue weighted by Gasteiger charge is -2.32. The third kappa shape index (κ3) is 3.32. The van der Waals surface area contributed by atoms with Gasteiger partial charge in [-0.25, -0.2) is 4.98 Å². The van der Waals surface area contributed by atoms with E-state index in [1.807, 2.05) is 30.3 Å². The van der Waals surface area contributed by atoms with Crippen molar-refractivity contribution in [3.63, 3.8) is 0 Å². The lowest BCUT2D eigenvalue weighted by atomic mass is 9.78. The van der Waals surface area contributed by atoms with Crippen molar-refractivity contribution in [3.05, 3.63) is 84.9 Å². The van der Waals surface area contributed by atoms with E-state index in [-0.39, 0.29) is 0 Å². The van der Waals surface area contributed by atoms with E-state index in [2.05, 4.69) is 82.3 Å². The van der Waals surface area contributed by atoms with Gasteiger partial charge in [-0.1, -0.05) is 54.6 Å². The number of fused-ring (bicyclic) bond motifs is 8. The first-order chi connectivity index (χ1) is 18.8. The number of furan rings is 1. The summed E-state index contributed by atoms with van der Waals surface area (Å²) in [5.41, 5.74) is 4.20. The molecular weight excluding hydrogens is 485 g/mol. The average Bonchev–Trinajstić information content (AvgIpc) is 3.59. The Hall–Kier alpha value is -4.13. The molecule has 1 aliphatic rings. The van der Waals surface area contributed by atoms with Crippen LogP contribution in [0.15, 0.2) is 93.8 Å². The van der Waals surface area contributed by atoms with E-state index in [9.17, 15) is 0 Å². The molecule has 39 heavy (non-hydrogen) atoms. The molecule has 1 aliphatic heterocycles. The summed E-state index contributed by atoms with van der Waals surface area (Å²) in [6.45, 7) is 8.29. The second-order valence-corrected chi connectivity index (χ2v) is 11.5. The number of benzene rings is 5. The fourth-order valence-corrected chi connectivity index (χ4v) is 5.65. The van der Waals surface area contributed by atoms with Gasteiger partial charge in [-0.15, -0.1) is 0 Å². The highest BCUT2D eigenvalue weighted by atomic mass is 16.7. The molecule has 5 nitrogen and oxygen atoms in total. The van der Waals surface area contributed by atoms with Gasteiger partial charge in [-0.3, -0.25) is 0 Å². The fourth-order valence-electron chi connectivity index (χ4n) is 5.65. The average molecular weight is 511 g/mol. The summed E-state index contributed by atoms with van der Waals surface area (Å²) in [5, 5.41) is 6.44. The van der Waals surface area contributed by atoms with Gasteiger partial charge in [-0.05, 0) is 85.0 Å². The van der Waals surface area contributed by atoms with Crippen LogP contribution in [0.25, 0.3) is 66.0 Å². The van der Waals surface area contributed by atoms with Crippen molar-refractivity contribution in [2.24, 2.45) is 0 Å². The summed E-state index contributed by atoms with van der Waals surface area (Å²) in [6.07, 6.45) is 0. The molecule has 1 saturated heterocycles. The highest BCUT2D eigenvalue weighted by molar-refractivity contribution is 6.62. The van der Waals surface area contributed by atoms with Crippen molar-refractivity contribution in [2.45, 2.75) is 38.9 Å². The normalized spacial score (nSPS) is 16.9. The number of aromatic nitrogens is 1. The van der Waals surface area contributed by atoms with Gasteiger partial charge in [0.25, 0.3) is 0 Å². The van der Waals surface area contributed by atoms with Crippen LogP contribution in [-0.4, -0.2) is 23.3 Å². The molecule has 7 aromatic rings. The van der Waals surface area contributed by atoms with E-state index in [1.54, 1.807) is 0 Å². The zero-order valence-electron chi connectivity index (χ0n) is 22.2. The molecule has 0 radical (unpaired) electrons. The van der Waals surface area contributed by atoms with Crippen molar-refractivity contribution in [3.8, 4) is 11.5 Å². The minimum atomic E-state index is -0.447. The zero-order chi connectivity index (χ0) is 26.5. The fraction of sp³-hybridized carbons (Fsp3) is 0.182. The highest BCUT2D eigenvalue weighted by Gasteiger charge is 2.51. The smallest absolute Gasteiger partial charge is 0.456 e. The molecule has 0 bridgehead atoms. The second kappa shape index (κ2) is 7.72. The molecular formula is C33H26BNO4. The molecule has 0 N–H and O–H groups in total. The van der Waals surface area contributed by atoms with E-state index in [0.717, 1.165) is 60.2 Å². The standard InChI is InChI=1S/C33H26BNO4/c1-32(2)33(3,4)39-34(38-32)23-13-11-20-12-15-26-28(24(20)18-23)29-27(36-26)16-14-25-30(29)37-31(35-25)22-10-9-19-7-5-6-8-21(19)17-22/h5-18H,1-4H3.